The normalized spacial score (nSPS) is 12.0. The van der Waals surface area contributed by atoms with E-state index in [4.69, 9.17) is 38.2 Å². The molecule has 6 N–H and O–H groups in total. The van der Waals surface area contributed by atoms with Crippen LogP contribution in [0.5, 0.6) is 23.5 Å². The molecule has 0 saturated carbocycles. The lowest BCUT2D eigenvalue weighted by atomic mass is 10.1. The van der Waals surface area contributed by atoms with Crippen molar-refractivity contribution in [3.05, 3.63) is 70.0 Å². The molecule has 6 rings (SSSR count). The molecule has 2 aromatic carbocycles. The number of nitrogens with zero attached hydrogens (tertiary/aromatic N) is 8. The van der Waals surface area contributed by atoms with E-state index < -0.39 is 37.2 Å². The topological polar surface area (TPSA) is 305 Å². The molecular weight excluding hydrogens is 885 g/mol. The lowest BCUT2D eigenvalue weighted by molar-refractivity contribution is -0.125. The maximum absolute atomic E-state index is 11.1. The third kappa shape index (κ3) is 14.9. The van der Waals surface area contributed by atoms with E-state index in [9.17, 15) is 19.8 Å². The number of carbonyl (C=O) groups excluding carboxylic acids is 2. The molecule has 2 amide bonds. The van der Waals surface area contributed by atoms with Crippen molar-refractivity contribution >= 4 is 11.8 Å². The number of hydrogen-bond acceptors (Lipinski definition) is 20. The molecule has 2 unspecified atom stereocenters. The molecule has 4 aromatic heterocycles. The molecule has 0 fully saturated rings. The average molecular weight is 943 g/mol. The minimum absolute atomic E-state index is 0.0202. The van der Waals surface area contributed by atoms with Crippen LogP contribution in [0.1, 0.15) is 61.3 Å². The van der Waals surface area contributed by atoms with E-state index in [0.717, 1.165) is 33.4 Å². The van der Waals surface area contributed by atoms with Gasteiger partial charge in [-0.15, -0.1) is 0 Å². The van der Waals surface area contributed by atoms with E-state index in [1.165, 1.54) is 0 Å². The van der Waals surface area contributed by atoms with Crippen LogP contribution in [0, 0.1) is 41.5 Å². The molecule has 0 spiro atoms. The third-order valence-electron chi connectivity index (χ3n) is 9.27. The first-order valence-corrected chi connectivity index (χ1v) is 21.6. The molecule has 364 valence electrons. The van der Waals surface area contributed by atoms with Gasteiger partial charge < -0.3 is 59.1 Å². The van der Waals surface area contributed by atoms with Gasteiger partial charge in [0.1, 0.15) is 61.5 Å². The molecule has 22 heteroatoms. The van der Waals surface area contributed by atoms with Crippen molar-refractivity contribution < 1.29 is 58.0 Å². The highest BCUT2D eigenvalue weighted by Gasteiger charge is 2.20. The zero-order valence-electron chi connectivity index (χ0n) is 39.6. The number of aryl methyl sites for hydroxylation is 6. The minimum Gasteiger partial charge on any atom is -0.490 e. The van der Waals surface area contributed by atoms with Crippen LogP contribution in [-0.2, 0) is 9.59 Å². The van der Waals surface area contributed by atoms with Gasteiger partial charge in [0.15, 0.2) is 0 Å². The highest BCUT2D eigenvalue weighted by molar-refractivity contribution is 5.77. The highest BCUT2D eigenvalue weighted by atomic mass is 16.5. The lowest BCUT2D eigenvalue weighted by Crippen LogP contribution is -2.36. The number of aliphatic hydroxyl groups is 4. The van der Waals surface area contributed by atoms with Crippen molar-refractivity contribution in [1.29, 1.82) is 0 Å². The second-order valence-corrected chi connectivity index (χ2v) is 16.3. The summed E-state index contributed by atoms with van der Waals surface area (Å²) in [5.41, 5.74) is 7.11. The molecule has 68 heavy (non-hydrogen) atoms. The maximum atomic E-state index is 11.1. The van der Waals surface area contributed by atoms with Gasteiger partial charge in [-0.2, -0.15) is 19.9 Å². The SMILES string of the molecule is Cc1cc(-c2nc(-c3cc(C)c(OCC(O)CNC(=O)CO)c(C)c3)no2)nc(OC(C)C)n1.Cc1cc(-c2nc(-c3cc(C)c(OCC(O)CNC(=O)CO)c(C)c3)no2)nc(OC(C)C)n1. The number of ether oxygens (including phenoxy) is 4. The van der Waals surface area contributed by atoms with E-state index >= 15 is 0 Å². The quantitative estimate of drug-likeness (QED) is 0.0638. The zero-order chi connectivity index (χ0) is 49.7. The van der Waals surface area contributed by atoms with Crippen molar-refractivity contribution in [3.63, 3.8) is 0 Å². The van der Waals surface area contributed by atoms with Crippen molar-refractivity contribution in [2.45, 2.75) is 93.7 Å². The number of benzene rings is 2. The van der Waals surface area contributed by atoms with Gasteiger partial charge in [-0.3, -0.25) is 9.59 Å². The van der Waals surface area contributed by atoms with Crippen LogP contribution in [0.2, 0.25) is 0 Å². The Labute approximate surface area is 392 Å². The highest BCUT2D eigenvalue weighted by Crippen LogP contribution is 2.32. The van der Waals surface area contributed by atoms with Crippen molar-refractivity contribution in [2.75, 3.05) is 39.5 Å². The van der Waals surface area contributed by atoms with E-state index in [1.807, 2.05) is 93.5 Å². The Hall–Kier alpha value is -7.14. The Morgan fingerprint density at radius 1 is 0.559 bits per heavy atom. The van der Waals surface area contributed by atoms with Gasteiger partial charge in [-0.05, 0) is 128 Å². The Morgan fingerprint density at radius 3 is 1.24 bits per heavy atom. The number of carbonyl (C=O) groups is 2. The summed E-state index contributed by atoms with van der Waals surface area (Å²) in [5, 5.41) is 50.4. The maximum Gasteiger partial charge on any atom is 0.317 e. The molecule has 2 atom stereocenters. The van der Waals surface area contributed by atoms with Gasteiger partial charge in [0.05, 0.1) is 12.2 Å². The van der Waals surface area contributed by atoms with Crippen molar-refractivity contribution in [2.24, 2.45) is 0 Å². The largest absolute Gasteiger partial charge is 0.490 e. The summed E-state index contributed by atoms with van der Waals surface area (Å²) in [6.45, 7) is 17.4. The molecule has 6 aromatic rings. The molecule has 0 saturated heterocycles. The first-order chi connectivity index (χ1) is 32.3. The van der Waals surface area contributed by atoms with Crippen LogP contribution >= 0.6 is 0 Å². The molecule has 0 aliphatic carbocycles. The predicted octanol–water partition coefficient (Wildman–Crippen LogP) is 3.51. The fraction of sp³-hybridized carbons (Fsp3) is 0.435. The fourth-order valence-corrected chi connectivity index (χ4v) is 6.38. The fourth-order valence-electron chi connectivity index (χ4n) is 6.38. The van der Waals surface area contributed by atoms with Gasteiger partial charge in [0, 0.05) is 35.6 Å². The minimum atomic E-state index is -0.922. The van der Waals surface area contributed by atoms with Crippen LogP contribution in [0.4, 0.5) is 0 Å². The zero-order valence-corrected chi connectivity index (χ0v) is 39.6. The number of rotatable bonds is 20. The number of aliphatic hydroxyl groups excluding tert-OH is 4. The molecule has 0 aliphatic rings. The van der Waals surface area contributed by atoms with E-state index in [1.54, 1.807) is 12.1 Å². The van der Waals surface area contributed by atoms with Crippen LogP contribution in [0.25, 0.3) is 45.9 Å². The van der Waals surface area contributed by atoms with Gasteiger partial charge >= 0.3 is 12.0 Å². The van der Waals surface area contributed by atoms with Crippen LogP contribution in [0.15, 0.2) is 45.4 Å². The number of nitrogens with one attached hydrogen (secondary N) is 2. The second-order valence-electron chi connectivity index (χ2n) is 16.3. The molecule has 0 bridgehead atoms. The Balaban J connectivity index is 0.000000254. The van der Waals surface area contributed by atoms with Gasteiger partial charge in [0.25, 0.3) is 11.8 Å². The van der Waals surface area contributed by atoms with Gasteiger partial charge in [-0.1, -0.05) is 10.3 Å². The summed E-state index contributed by atoms with van der Waals surface area (Å²) >= 11 is 0. The lowest BCUT2D eigenvalue weighted by Gasteiger charge is -2.16. The molecule has 0 aliphatic heterocycles. The summed E-state index contributed by atoms with van der Waals surface area (Å²) in [6, 6.07) is 11.4. The Kier molecular flexibility index (Phi) is 18.3. The van der Waals surface area contributed by atoms with E-state index in [2.05, 4.69) is 50.9 Å². The first-order valence-electron chi connectivity index (χ1n) is 21.6. The summed E-state index contributed by atoms with van der Waals surface area (Å²) in [7, 11) is 0. The van der Waals surface area contributed by atoms with Crippen LogP contribution in [0.3, 0.4) is 0 Å². The standard InChI is InChI=1S/2C23H29N5O6/c2*1-12(2)33-23-25-15(5)8-18(26-23)22-27-21(28-34-22)16-6-13(3)20(14(4)7-16)32-11-17(30)9-24-19(31)10-29/h2*6-8,12,17,29-30H,9-11H2,1-5H3,(H,24,31). The monoisotopic (exact) mass is 942 g/mol. The Morgan fingerprint density at radius 2 is 0.912 bits per heavy atom. The number of hydrogen-bond donors (Lipinski definition) is 6. The van der Waals surface area contributed by atoms with E-state index in [-0.39, 0.29) is 62.3 Å². The summed E-state index contributed by atoms with van der Waals surface area (Å²) in [6.07, 6.45) is -1.98. The number of aromatic nitrogens is 8. The van der Waals surface area contributed by atoms with Gasteiger partial charge in [-0.25, -0.2) is 9.97 Å². The Bertz CT molecular complexity index is 2430. The summed E-state index contributed by atoms with van der Waals surface area (Å²) < 4.78 is 33.6. The van der Waals surface area contributed by atoms with Crippen LogP contribution in [-0.4, -0.2) is 136 Å². The summed E-state index contributed by atoms with van der Waals surface area (Å²) in [5.74, 6) is 1.38. The second kappa shape index (κ2) is 24.1. The van der Waals surface area contributed by atoms with Gasteiger partial charge in [0.2, 0.25) is 23.5 Å². The van der Waals surface area contributed by atoms with E-state index in [0.29, 0.717) is 45.9 Å². The van der Waals surface area contributed by atoms with Crippen molar-refractivity contribution in [1.82, 2.24) is 50.9 Å². The molecule has 4 heterocycles. The first kappa shape index (κ1) is 51.8. The van der Waals surface area contributed by atoms with Crippen molar-refractivity contribution in [3.8, 4) is 69.5 Å². The molecule has 0 radical (unpaired) electrons. The molecule has 22 nitrogen and oxygen atoms in total. The summed E-state index contributed by atoms with van der Waals surface area (Å²) in [4.78, 5) is 48.4. The number of amides is 2. The molecular formula is C46H58N10O12. The average Bonchev–Trinajstić information content (AvgIpc) is 3.98. The van der Waals surface area contributed by atoms with Crippen LogP contribution < -0.4 is 29.6 Å². The predicted molar refractivity (Wildman–Crippen MR) is 245 cm³/mol. The smallest absolute Gasteiger partial charge is 0.317 e. The third-order valence-corrected chi connectivity index (χ3v) is 9.27.